The lowest BCUT2D eigenvalue weighted by Gasteiger charge is -2.21. The maximum atomic E-state index is 13.1. The van der Waals surface area contributed by atoms with E-state index in [0.29, 0.717) is 25.7 Å². The third-order valence-corrected chi connectivity index (χ3v) is 19.9. The minimum atomic E-state index is -4.97. The predicted octanol–water partition coefficient (Wildman–Crippen LogP) is 22.8. The van der Waals surface area contributed by atoms with Crippen LogP contribution >= 0.6 is 15.6 Å². The van der Waals surface area contributed by atoms with Crippen molar-refractivity contribution in [3.8, 4) is 0 Å². The maximum Gasteiger partial charge on any atom is 0.472 e. The number of hydrogen-bond donors (Lipinski definition) is 3. The first-order valence-corrected chi connectivity index (χ1v) is 43.0. The van der Waals surface area contributed by atoms with Gasteiger partial charge in [-0.05, 0) is 57.3 Å². The lowest BCUT2D eigenvalue weighted by Crippen LogP contribution is -2.30. The van der Waals surface area contributed by atoms with Gasteiger partial charge in [-0.3, -0.25) is 37.3 Å². The Bertz CT molecular complexity index is 1950. The van der Waals surface area contributed by atoms with E-state index in [9.17, 15) is 43.2 Å². The largest absolute Gasteiger partial charge is 0.472 e. The summed E-state index contributed by atoms with van der Waals surface area (Å²) in [7, 11) is -9.92. The molecule has 0 rings (SSSR count). The fourth-order valence-electron chi connectivity index (χ4n) is 11.5. The first-order valence-electron chi connectivity index (χ1n) is 40.0. The molecule has 0 aliphatic carbocycles. The molecule has 19 heteroatoms. The van der Waals surface area contributed by atoms with E-state index >= 15 is 0 Å². The zero-order valence-corrected chi connectivity index (χ0v) is 64.5. The van der Waals surface area contributed by atoms with E-state index in [4.69, 9.17) is 37.0 Å². The fraction of sp³-hybridized carbons (Fsp3) is 0.897. The summed E-state index contributed by atoms with van der Waals surface area (Å²) in [5.74, 6) is -1.30. The molecule has 0 aliphatic rings. The van der Waals surface area contributed by atoms with Crippen molar-refractivity contribution in [2.24, 2.45) is 5.92 Å². The Balaban J connectivity index is 5.26. The smallest absolute Gasteiger partial charge is 0.462 e. The summed E-state index contributed by atoms with van der Waals surface area (Å²) in [4.78, 5) is 72.8. The number of hydrogen-bond acceptors (Lipinski definition) is 15. The normalized spacial score (nSPS) is 14.4. The van der Waals surface area contributed by atoms with Gasteiger partial charge in [0.15, 0.2) is 12.2 Å². The minimum Gasteiger partial charge on any atom is -0.462 e. The molecule has 3 unspecified atom stereocenters. The van der Waals surface area contributed by atoms with Gasteiger partial charge in [0.05, 0.1) is 26.4 Å². The molecule has 0 bridgehead atoms. The molecule has 0 saturated heterocycles. The van der Waals surface area contributed by atoms with Gasteiger partial charge in [0.25, 0.3) is 0 Å². The van der Waals surface area contributed by atoms with Gasteiger partial charge in [-0.25, -0.2) is 9.13 Å². The van der Waals surface area contributed by atoms with Crippen molar-refractivity contribution >= 4 is 39.5 Å². The molecule has 97 heavy (non-hydrogen) atoms. The van der Waals surface area contributed by atoms with Crippen LogP contribution in [0.3, 0.4) is 0 Å². The molecule has 0 spiro atoms. The Morgan fingerprint density at radius 1 is 0.330 bits per heavy atom. The summed E-state index contributed by atoms with van der Waals surface area (Å²) in [5.41, 5.74) is 0. The molecule has 6 atom stereocenters. The number of ether oxygens (including phenoxy) is 4. The Labute approximate surface area is 592 Å². The molecule has 0 amide bonds. The van der Waals surface area contributed by atoms with Crippen molar-refractivity contribution in [2.75, 3.05) is 39.6 Å². The van der Waals surface area contributed by atoms with Crippen molar-refractivity contribution in [3.05, 3.63) is 24.3 Å². The highest BCUT2D eigenvalue weighted by Gasteiger charge is 2.30. The third-order valence-electron chi connectivity index (χ3n) is 18.0. The average molecular weight is 1420 g/mol. The Kier molecular flexibility index (Phi) is 68.8. The van der Waals surface area contributed by atoms with Crippen LogP contribution in [0.5, 0.6) is 0 Å². The molecular formula is C78H148O17P2. The number of phosphoric ester groups is 2. The number of rotatable bonds is 76. The van der Waals surface area contributed by atoms with Crippen molar-refractivity contribution in [2.45, 2.75) is 406 Å². The van der Waals surface area contributed by atoms with Gasteiger partial charge in [0.1, 0.15) is 19.3 Å². The molecule has 0 aliphatic heterocycles. The van der Waals surface area contributed by atoms with Crippen LogP contribution in [-0.2, 0) is 65.4 Å². The molecule has 0 aromatic rings. The molecule has 3 N–H and O–H groups in total. The minimum absolute atomic E-state index is 0.101. The number of esters is 4. The third kappa shape index (κ3) is 70.4. The average Bonchev–Trinajstić information content (AvgIpc) is 2.46. The van der Waals surface area contributed by atoms with Crippen molar-refractivity contribution in [1.29, 1.82) is 0 Å². The van der Waals surface area contributed by atoms with Gasteiger partial charge in [-0.2, -0.15) is 0 Å². The lowest BCUT2D eigenvalue weighted by atomic mass is 9.99. The summed E-state index contributed by atoms with van der Waals surface area (Å²) >= 11 is 0. The van der Waals surface area contributed by atoms with Crippen LogP contribution in [0.2, 0.25) is 0 Å². The molecule has 0 heterocycles. The highest BCUT2D eigenvalue weighted by atomic mass is 31.2. The van der Waals surface area contributed by atoms with Gasteiger partial charge in [0.2, 0.25) is 0 Å². The van der Waals surface area contributed by atoms with Crippen LogP contribution in [0.1, 0.15) is 388 Å². The number of phosphoric acid groups is 2. The van der Waals surface area contributed by atoms with Gasteiger partial charge in [-0.1, -0.05) is 335 Å². The Hall–Kier alpha value is -2.46. The van der Waals surface area contributed by atoms with Crippen LogP contribution in [0, 0.1) is 5.92 Å². The highest BCUT2D eigenvalue weighted by Crippen LogP contribution is 2.45. The molecule has 572 valence electrons. The van der Waals surface area contributed by atoms with E-state index in [1.807, 2.05) is 0 Å². The van der Waals surface area contributed by atoms with Crippen LogP contribution < -0.4 is 0 Å². The molecule has 0 saturated carbocycles. The van der Waals surface area contributed by atoms with Crippen molar-refractivity contribution in [1.82, 2.24) is 0 Å². The quantitative estimate of drug-likeness (QED) is 0.0169. The number of allylic oxidation sites excluding steroid dienone is 4. The second-order valence-electron chi connectivity index (χ2n) is 27.7. The number of unbranched alkanes of at least 4 members (excludes halogenated alkanes) is 44. The molecule has 0 aromatic heterocycles. The number of aliphatic hydroxyl groups is 1. The molecule has 0 fully saturated rings. The number of carbonyl (C=O) groups excluding carboxylic acids is 4. The standard InChI is InChI=1S/C78H148O17P2/c1-6-10-13-16-19-22-24-26-28-33-37-42-47-52-57-62-76(81)89-68-74(95-78(83)64-59-54-49-44-39-35-31-30-32-36-41-45-50-55-60-71(5)9-4)70-93-97(86,87)91-66-72(79)65-90-96(84,85)92-69-73(67-88-75(80)61-56-51-46-40-21-18-15-12-8-3)94-77(82)63-58-53-48-43-38-34-29-27-25-23-20-17-14-11-7-2/h22,24,26,28,71-74,79H,6-21,23,25,27,29-70H2,1-5H3,(H,84,85)(H,86,87)/b24-22-,28-26-/t71?,72-,73+,74+/m0/s1. The van der Waals surface area contributed by atoms with Gasteiger partial charge in [0, 0.05) is 25.7 Å². The van der Waals surface area contributed by atoms with E-state index in [2.05, 4.69) is 58.9 Å². The van der Waals surface area contributed by atoms with E-state index in [1.54, 1.807) is 0 Å². The van der Waals surface area contributed by atoms with Gasteiger partial charge < -0.3 is 33.8 Å². The SMILES string of the molecule is CCCCCC/C=C\C=C/CCCCCCCC(=O)OC[C@H](COP(=O)(O)OC[C@@H](O)COP(=O)(O)OC[C@@H](COC(=O)CCCCCCCCCCC)OC(=O)CCCCCCCCCCCCCCCCC)OC(=O)CCCCCCCCCCCCCCCCC(C)CC. The maximum absolute atomic E-state index is 13.1. The van der Waals surface area contributed by atoms with Crippen LogP contribution in [0.15, 0.2) is 24.3 Å². The summed E-state index contributed by atoms with van der Waals surface area (Å²) in [5, 5.41) is 10.6. The predicted molar refractivity (Wildman–Crippen MR) is 395 cm³/mol. The number of aliphatic hydroxyl groups excluding tert-OH is 1. The molecular weight excluding hydrogens is 1270 g/mol. The molecule has 17 nitrogen and oxygen atoms in total. The molecule has 0 radical (unpaired) electrons. The fourth-order valence-corrected chi connectivity index (χ4v) is 13.1. The first kappa shape index (κ1) is 94.5. The second-order valence-corrected chi connectivity index (χ2v) is 30.6. The van der Waals surface area contributed by atoms with Crippen LogP contribution in [0.4, 0.5) is 0 Å². The zero-order chi connectivity index (χ0) is 71.2. The van der Waals surface area contributed by atoms with E-state index in [-0.39, 0.29) is 25.7 Å². The van der Waals surface area contributed by atoms with Crippen LogP contribution in [-0.4, -0.2) is 96.7 Å². The number of carbonyl (C=O) groups is 4. The first-order chi connectivity index (χ1) is 47.1. The van der Waals surface area contributed by atoms with E-state index in [1.165, 1.54) is 193 Å². The summed E-state index contributed by atoms with van der Waals surface area (Å²) in [6, 6.07) is 0. The Morgan fingerprint density at radius 2 is 0.577 bits per heavy atom. The lowest BCUT2D eigenvalue weighted by molar-refractivity contribution is -0.161. The van der Waals surface area contributed by atoms with Crippen LogP contribution in [0.25, 0.3) is 0 Å². The van der Waals surface area contributed by atoms with Crippen molar-refractivity contribution in [3.63, 3.8) is 0 Å². The Morgan fingerprint density at radius 3 is 0.876 bits per heavy atom. The highest BCUT2D eigenvalue weighted by molar-refractivity contribution is 7.47. The summed E-state index contributed by atoms with van der Waals surface area (Å²) in [6.45, 7) is 7.28. The van der Waals surface area contributed by atoms with E-state index in [0.717, 1.165) is 115 Å². The van der Waals surface area contributed by atoms with E-state index < -0.39 is 97.5 Å². The second kappa shape index (κ2) is 70.6. The monoisotopic (exact) mass is 1420 g/mol. The van der Waals surface area contributed by atoms with Gasteiger partial charge in [-0.15, -0.1) is 0 Å². The summed E-state index contributed by atoms with van der Waals surface area (Å²) < 4.78 is 68.5. The van der Waals surface area contributed by atoms with Gasteiger partial charge >= 0.3 is 39.5 Å². The summed E-state index contributed by atoms with van der Waals surface area (Å²) in [6.07, 6.45) is 63.1. The zero-order valence-electron chi connectivity index (χ0n) is 62.7. The van der Waals surface area contributed by atoms with Crippen molar-refractivity contribution < 1.29 is 80.2 Å². The topological polar surface area (TPSA) is 237 Å². The molecule has 0 aromatic carbocycles.